The number of aromatic amines is 1. The van der Waals surface area contributed by atoms with Gasteiger partial charge in [-0.1, -0.05) is 23.9 Å². The number of hydrogen-bond donors (Lipinski definition) is 2. The standard InChI is InChI=1S/C13H14N6S/c1-9-16-12(19-18-9)7-10-3-5-11(6-4-10)17-13(20-2)15-8-14/h3-6H,7H2,1-2H3,(H,15,17)(H,16,18,19). The van der Waals surface area contributed by atoms with Gasteiger partial charge in [-0.05, 0) is 30.9 Å². The molecule has 0 unspecified atom stereocenters. The predicted octanol–water partition coefficient (Wildman–Crippen LogP) is 2.13. The van der Waals surface area contributed by atoms with E-state index in [-0.39, 0.29) is 0 Å². The number of rotatable bonds is 3. The molecule has 2 rings (SSSR count). The first-order chi connectivity index (χ1) is 9.71. The van der Waals surface area contributed by atoms with Gasteiger partial charge in [-0.15, -0.1) is 0 Å². The molecule has 0 bridgehead atoms. The van der Waals surface area contributed by atoms with Gasteiger partial charge < -0.3 is 0 Å². The summed E-state index contributed by atoms with van der Waals surface area (Å²) in [6.45, 7) is 1.88. The van der Waals surface area contributed by atoms with Gasteiger partial charge in [-0.2, -0.15) is 10.4 Å². The Balaban J connectivity index is 2.08. The number of aliphatic imine (C=N–C) groups is 1. The highest BCUT2D eigenvalue weighted by molar-refractivity contribution is 8.13. The molecule has 0 aliphatic heterocycles. The minimum atomic E-state index is 0.574. The lowest BCUT2D eigenvalue weighted by atomic mass is 10.1. The second kappa shape index (κ2) is 6.73. The summed E-state index contributed by atoms with van der Waals surface area (Å²) in [6, 6.07) is 7.78. The molecule has 20 heavy (non-hydrogen) atoms. The molecule has 0 amide bonds. The molecule has 0 saturated heterocycles. The van der Waals surface area contributed by atoms with Crippen molar-refractivity contribution in [3.05, 3.63) is 41.5 Å². The van der Waals surface area contributed by atoms with Crippen molar-refractivity contribution < 1.29 is 0 Å². The molecule has 6 nitrogen and oxygen atoms in total. The Morgan fingerprint density at radius 1 is 1.45 bits per heavy atom. The van der Waals surface area contributed by atoms with Crippen molar-refractivity contribution in [1.82, 2.24) is 20.5 Å². The van der Waals surface area contributed by atoms with Gasteiger partial charge in [0.25, 0.3) is 0 Å². The highest BCUT2D eigenvalue weighted by Crippen LogP contribution is 2.16. The van der Waals surface area contributed by atoms with Gasteiger partial charge in [-0.3, -0.25) is 10.4 Å². The number of benzene rings is 1. The molecule has 102 valence electrons. The molecule has 1 heterocycles. The lowest BCUT2D eigenvalue weighted by molar-refractivity contribution is 0.969. The number of nitriles is 1. The quantitative estimate of drug-likeness (QED) is 0.390. The van der Waals surface area contributed by atoms with Crippen molar-refractivity contribution in [2.24, 2.45) is 4.99 Å². The van der Waals surface area contributed by atoms with Crippen molar-refractivity contribution in [3.63, 3.8) is 0 Å². The molecule has 2 aromatic rings. The molecule has 2 N–H and O–H groups in total. The third-order valence-electron chi connectivity index (χ3n) is 2.53. The van der Waals surface area contributed by atoms with Crippen LogP contribution in [-0.4, -0.2) is 26.6 Å². The van der Waals surface area contributed by atoms with E-state index in [2.05, 4.69) is 25.5 Å². The Hall–Kier alpha value is -2.33. The largest absolute Gasteiger partial charge is 0.271 e. The van der Waals surface area contributed by atoms with Crippen molar-refractivity contribution in [1.29, 1.82) is 5.26 Å². The Morgan fingerprint density at radius 2 is 2.20 bits per heavy atom. The average Bonchev–Trinajstić information content (AvgIpc) is 2.85. The van der Waals surface area contributed by atoms with E-state index in [9.17, 15) is 0 Å². The molecule has 1 aromatic heterocycles. The number of hydrogen-bond acceptors (Lipinski definition) is 5. The van der Waals surface area contributed by atoms with Crippen molar-refractivity contribution in [2.45, 2.75) is 13.3 Å². The minimum absolute atomic E-state index is 0.574. The van der Waals surface area contributed by atoms with Gasteiger partial charge in [-0.25, -0.2) is 9.98 Å². The Bertz CT molecular complexity index is 638. The number of aryl methyl sites for hydroxylation is 1. The number of amidine groups is 1. The summed E-state index contributed by atoms with van der Waals surface area (Å²) in [5, 5.41) is 18.6. The lowest BCUT2D eigenvalue weighted by Crippen LogP contribution is -2.12. The predicted molar refractivity (Wildman–Crippen MR) is 79.7 cm³/mol. The molecule has 0 radical (unpaired) electrons. The van der Waals surface area contributed by atoms with Crippen LogP contribution in [0.25, 0.3) is 0 Å². The summed E-state index contributed by atoms with van der Waals surface area (Å²) >= 11 is 1.39. The summed E-state index contributed by atoms with van der Waals surface area (Å²) in [4.78, 5) is 8.60. The maximum Gasteiger partial charge on any atom is 0.183 e. The molecule has 7 heteroatoms. The van der Waals surface area contributed by atoms with Crippen LogP contribution >= 0.6 is 11.8 Å². The zero-order valence-corrected chi connectivity index (χ0v) is 12.0. The third kappa shape index (κ3) is 3.83. The maximum absolute atomic E-state index is 8.58. The van der Waals surface area contributed by atoms with E-state index in [1.54, 1.807) is 0 Å². The monoisotopic (exact) mass is 286 g/mol. The molecule has 0 saturated carbocycles. The van der Waals surface area contributed by atoms with Crippen LogP contribution in [0.15, 0.2) is 29.3 Å². The van der Waals surface area contributed by atoms with Crippen LogP contribution in [0, 0.1) is 18.4 Å². The minimum Gasteiger partial charge on any atom is -0.271 e. The summed E-state index contributed by atoms with van der Waals surface area (Å²) in [5.74, 6) is 1.59. The van der Waals surface area contributed by atoms with Gasteiger partial charge in [0.05, 0.1) is 5.69 Å². The molecular formula is C13H14N6S. The summed E-state index contributed by atoms with van der Waals surface area (Å²) in [6.07, 6.45) is 4.41. The molecule has 0 aliphatic rings. The van der Waals surface area contributed by atoms with Gasteiger partial charge in [0, 0.05) is 6.42 Å². The fourth-order valence-electron chi connectivity index (χ4n) is 1.63. The molecular weight excluding hydrogens is 272 g/mol. The van der Waals surface area contributed by atoms with Crippen molar-refractivity contribution in [3.8, 4) is 6.19 Å². The smallest absolute Gasteiger partial charge is 0.183 e. The topological polar surface area (TPSA) is 89.8 Å². The van der Waals surface area contributed by atoms with Crippen LogP contribution in [-0.2, 0) is 6.42 Å². The van der Waals surface area contributed by atoms with Crippen LogP contribution in [0.2, 0.25) is 0 Å². The van der Waals surface area contributed by atoms with Gasteiger partial charge >= 0.3 is 0 Å². The van der Waals surface area contributed by atoms with E-state index in [1.807, 2.05) is 43.6 Å². The molecule has 0 atom stereocenters. The van der Waals surface area contributed by atoms with E-state index in [0.717, 1.165) is 22.9 Å². The fraction of sp³-hybridized carbons (Fsp3) is 0.231. The van der Waals surface area contributed by atoms with Crippen LogP contribution in [0.4, 0.5) is 5.69 Å². The second-order valence-corrected chi connectivity index (χ2v) is 4.83. The van der Waals surface area contributed by atoms with E-state index in [0.29, 0.717) is 11.6 Å². The average molecular weight is 286 g/mol. The second-order valence-electron chi connectivity index (χ2n) is 4.04. The van der Waals surface area contributed by atoms with E-state index < -0.39 is 0 Å². The van der Waals surface area contributed by atoms with E-state index >= 15 is 0 Å². The lowest BCUT2D eigenvalue weighted by Gasteiger charge is -2.01. The highest BCUT2D eigenvalue weighted by atomic mass is 32.2. The summed E-state index contributed by atoms with van der Waals surface area (Å²) < 4.78 is 0. The van der Waals surface area contributed by atoms with Crippen LogP contribution in [0.3, 0.4) is 0 Å². The normalized spacial score (nSPS) is 11.2. The Morgan fingerprint density at radius 3 is 2.75 bits per heavy atom. The maximum atomic E-state index is 8.58. The van der Waals surface area contributed by atoms with Crippen LogP contribution in [0.5, 0.6) is 0 Å². The van der Waals surface area contributed by atoms with Crippen LogP contribution in [0.1, 0.15) is 17.2 Å². The molecule has 0 fully saturated rings. The highest BCUT2D eigenvalue weighted by Gasteiger charge is 2.02. The summed E-state index contributed by atoms with van der Waals surface area (Å²) in [7, 11) is 0. The van der Waals surface area contributed by atoms with Crippen molar-refractivity contribution >= 4 is 22.6 Å². The molecule has 0 aliphatic carbocycles. The molecule has 1 aromatic carbocycles. The first-order valence-corrected chi connectivity index (χ1v) is 7.18. The van der Waals surface area contributed by atoms with Gasteiger partial charge in [0.15, 0.2) is 17.2 Å². The SMILES string of the molecule is CSC(=Nc1ccc(Cc2n[nH]c(C)n2)cc1)NC#N. The zero-order chi connectivity index (χ0) is 14.4. The van der Waals surface area contributed by atoms with Gasteiger partial charge in [0.1, 0.15) is 5.82 Å². The first kappa shape index (κ1) is 14.1. The number of aromatic nitrogens is 3. The number of H-pyrrole nitrogens is 1. The van der Waals surface area contributed by atoms with Crippen LogP contribution < -0.4 is 5.32 Å². The number of thioether (sulfide) groups is 1. The van der Waals surface area contributed by atoms with Gasteiger partial charge in [0.2, 0.25) is 0 Å². The zero-order valence-electron chi connectivity index (χ0n) is 11.2. The molecule has 0 spiro atoms. The van der Waals surface area contributed by atoms with E-state index in [4.69, 9.17) is 5.26 Å². The Labute approximate surface area is 121 Å². The number of nitrogens with one attached hydrogen (secondary N) is 2. The van der Waals surface area contributed by atoms with Crippen molar-refractivity contribution in [2.75, 3.05) is 6.26 Å². The third-order valence-corrected chi connectivity index (χ3v) is 3.11. The fourth-order valence-corrected chi connectivity index (χ4v) is 1.97. The first-order valence-electron chi connectivity index (χ1n) is 5.96. The summed E-state index contributed by atoms with van der Waals surface area (Å²) in [5.41, 5.74) is 1.91. The van der Waals surface area contributed by atoms with E-state index in [1.165, 1.54) is 11.8 Å². The Kier molecular flexibility index (Phi) is 4.74. The number of nitrogens with zero attached hydrogens (tertiary/aromatic N) is 4.